The largest absolute Gasteiger partial charge is 0.399 e. The minimum absolute atomic E-state index is 0.216. The number of hydrogen-bond donors (Lipinski definition) is 2. The lowest BCUT2D eigenvalue weighted by molar-refractivity contribution is 0.0273. The van der Waals surface area contributed by atoms with Crippen molar-refractivity contribution in [1.29, 1.82) is 0 Å². The van der Waals surface area contributed by atoms with Crippen LogP contribution in [0.15, 0.2) is 12.1 Å². The summed E-state index contributed by atoms with van der Waals surface area (Å²) in [5, 5.41) is 3.44. The normalized spacial score (nSPS) is 23.1. The maximum Gasteiger partial charge on any atom is 0.253 e. The zero-order chi connectivity index (χ0) is 14.0. The van der Waals surface area contributed by atoms with E-state index in [1.54, 1.807) is 0 Å². The smallest absolute Gasteiger partial charge is 0.253 e. The van der Waals surface area contributed by atoms with Crippen molar-refractivity contribution in [3.05, 3.63) is 27.7 Å². The lowest BCUT2D eigenvalue weighted by Gasteiger charge is -2.34. The van der Waals surface area contributed by atoms with Gasteiger partial charge < -0.3 is 15.8 Å². The molecule has 6 heteroatoms. The Morgan fingerprint density at radius 2 is 2.21 bits per heavy atom. The number of benzene rings is 1. The monoisotopic (exact) mass is 302 g/mol. The van der Waals surface area contributed by atoms with Gasteiger partial charge in [-0.15, -0.1) is 0 Å². The second-order valence-corrected chi connectivity index (χ2v) is 5.82. The molecule has 3 N–H and O–H groups in total. The lowest BCUT2D eigenvalue weighted by atomic mass is 9.94. The molecule has 0 saturated carbocycles. The number of nitrogens with two attached hydrogens (primary N) is 1. The third kappa shape index (κ3) is 3.32. The predicted molar refractivity (Wildman–Crippen MR) is 76.8 cm³/mol. The average molecular weight is 303 g/mol. The number of carbonyl (C=O) groups excluding carboxylic acids is 1. The van der Waals surface area contributed by atoms with Crippen LogP contribution in [0.2, 0.25) is 10.0 Å². The van der Waals surface area contributed by atoms with Gasteiger partial charge in [0.15, 0.2) is 0 Å². The van der Waals surface area contributed by atoms with Gasteiger partial charge in [-0.05, 0) is 31.9 Å². The molecule has 1 aliphatic heterocycles. The van der Waals surface area contributed by atoms with Crippen LogP contribution in [0.25, 0.3) is 0 Å². The van der Waals surface area contributed by atoms with E-state index in [0.29, 0.717) is 17.9 Å². The van der Waals surface area contributed by atoms with Crippen molar-refractivity contribution in [3.63, 3.8) is 0 Å². The molecule has 1 saturated heterocycles. The second kappa shape index (κ2) is 5.57. The fourth-order valence-electron chi connectivity index (χ4n) is 2.15. The van der Waals surface area contributed by atoms with Gasteiger partial charge in [0.1, 0.15) is 0 Å². The van der Waals surface area contributed by atoms with Crippen molar-refractivity contribution >= 4 is 34.8 Å². The van der Waals surface area contributed by atoms with Crippen LogP contribution in [0.1, 0.15) is 30.1 Å². The van der Waals surface area contributed by atoms with E-state index in [-0.39, 0.29) is 21.5 Å². The summed E-state index contributed by atoms with van der Waals surface area (Å²) in [4.78, 5) is 12.3. The van der Waals surface area contributed by atoms with Gasteiger partial charge in [0.2, 0.25) is 0 Å². The number of nitrogens with one attached hydrogen (secondary N) is 1. The quantitative estimate of drug-likeness (QED) is 0.826. The summed E-state index contributed by atoms with van der Waals surface area (Å²) in [7, 11) is 0. The molecule has 1 aliphatic rings. The van der Waals surface area contributed by atoms with Gasteiger partial charge in [0.25, 0.3) is 5.91 Å². The molecule has 0 radical (unpaired) electrons. The molecule has 104 valence electrons. The van der Waals surface area contributed by atoms with Crippen LogP contribution in [0.5, 0.6) is 0 Å². The zero-order valence-electron chi connectivity index (χ0n) is 10.6. The van der Waals surface area contributed by atoms with Crippen LogP contribution in [0, 0.1) is 0 Å². The van der Waals surface area contributed by atoms with Gasteiger partial charge in [-0.1, -0.05) is 23.2 Å². The van der Waals surface area contributed by atoms with Crippen LogP contribution in [-0.2, 0) is 4.74 Å². The fourth-order valence-corrected chi connectivity index (χ4v) is 2.57. The molecule has 0 aromatic heterocycles. The Bertz CT molecular complexity index is 500. The molecule has 1 fully saturated rings. The van der Waals surface area contributed by atoms with Crippen molar-refractivity contribution in [2.24, 2.45) is 0 Å². The van der Waals surface area contributed by atoms with E-state index in [1.807, 2.05) is 6.92 Å². The van der Waals surface area contributed by atoms with Crippen LogP contribution < -0.4 is 11.1 Å². The molecule has 1 aromatic rings. The molecule has 1 amide bonds. The molecular weight excluding hydrogens is 287 g/mol. The number of nitrogen functional groups attached to an aromatic ring is 1. The van der Waals surface area contributed by atoms with Crippen molar-refractivity contribution in [1.82, 2.24) is 5.32 Å². The number of halogens is 2. The Balaban J connectivity index is 2.20. The first-order valence-corrected chi connectivity index (χ1v) is 6.82. The highest BCUT2D eigenvalue weighted by molar-refractivity contribution is 6.44. The molecule has 2 rings (SSSR count). The summed E-state index contributed by atoms with van der Waals surface area (Å²) in [5.41, 5.74) is 6.00. The number of hydrogen-bond acceptors (Lipinski definition) is 3. The molecule has 19 heavy (non-hydrogen) atoms. The first-order chi connectivity index (χ1) is 8.91. The summed E-state index contributed by atoms with van der Waals surface area (Å²) in [6.45, 7) is 3.18. The average Bonchev–Trinajstić information content (AvgIpc) is 2.34. The fraction of sp³-hybridized carbons (Fsp3) is 0.462. The van der Waals surface area contributed by atoms with Gasteiger partial charge in [0.05, 0.1) is 27.8 Å². The first-order valence-electron chi connectivity index (χ1n) is 6.06. The number of amides is 1. The third-order valence-electron chi connectivity index (χ3n) is 3.15. The minimum atomic E-state index is -0.379. The topological polar surface area (TPSA) is 64.4 Å². The lowest BCUT2D eigenvalue weighted by Crippen LogP contribution is -2.51. The number of rotatable bonds is 2. The van der Waals surface area contributed by atoms with E-state index in [1.165, 1.54) is 12.1 Å². The van der Waals surface area contributed by atoms with Crippen LogP contribution in [0.3, 0.4) is 0 Å². The Hall–Kier alpha value is -0.970. The van der Waals surface area contributed by atoms with Crippen LogP contribution >= 0.6 is 23.2 Å². The standard InChI is InChI=1S/C13H16Cl2N2O2/c1-13(3-2-4-19-7-13)17-12(18)9-5-8(16)6-10(14)11(9)15/h5-6H,2-4,7,16H2,1H3,(H,17,18). The molecule has 4 nitrogen and oxygen atoms in total. The van der Waals surface area contributed by atoms with Crippen LogP contribution in [-0.4, -0.2) is 24.7 Å². The molecule has 0 bridgehead atoms. The van der Waals surface area contributed by atoms with Gasteiger partial charge in [-0.2, -0.15) is 0 Å². The SMILES string of the molecule is CC1(NC(=O)c2cc(N)cc(Cl)c2Cl)CCCOC1. The Morgan fingerprint density at radius 1 is 1.47 bits per heavy atom. The summed E-state index contributed by atoms with van der Waals surface area (Å²) >= 11 is 12.0. The summed E-state index contributed by atoms with van der Waals surface area (Å²) in [6.07, 6.45) is 1.79. The van der Waals surface area contributed by atoms with E-state index in [0.717, 1.165) is 19.4 Å². The minimum Gasteiger partial charge on any atom is -0.399 e. The van der Waals surface area contributed by atoms with Gasteiger partial charge in [-0.25, -0.2) is 0 Å². The Labute approximate surface area is 122 Å². The summed E-state index contributed by atoms with van der Waals surface area (Å²) < 4.78 is 5.40. The molecule has 1 aromatic carbocycles. The third-order valence-corrected chi connectivity index (χ3v) is 3.95. The Kier molecular flexibility index (Phi) is 4.23. The first kappa shape index (κ1) is 14.4. The molecule has 1 heterocycles. The van der Waals surface area contributed by atoms with E-state index in [2.05, 4.69) is 5.32 Å². The Morgan fingerprint density at radius 3 is 2.84 bits per heavy atom. The molecular formula is C13H16Cl2N2O2. The predicted octanol–water partition coefficient (Wildman–Crippen LogP) is 2.87. The van der Waals surface area contributed by atoms with Crippen LogP contribution in [0.4, 0.5) is 5.69 Å². The molecule has 0 spiro atoms. The maximum absolute atomic E-state index is 12.3. The highest BCUT2D eigenvalue weighted by atomic mass is 35.5. The maximum atomic E-state index is 12.3. The van der Waals surface area contributed by atoms with E-state index in [9.17, 15) is 4.79 Å². The highest BCUT2D eigenvalue weighted by Crippen LogP contribution is 2.29. The van der Waals surface area contributed by atoms with Gasteiger partial charge >= 0.3 is 0 Å². The number of anilines is 1. The summed E-state index contributed by atoms with van der Waals surface area (Å²) in [5.74, 6) is -0.285. The van der Waals surface area contributed by atoms with E-state index in [4.69, 9.17) is 33.7 Å². The van der Waals surface area contributed by atoms with Crippen molar-refractivity contribution in [2.45, 2.75) is 25.3 Å². The number of carbonyl (C=O) groups is 1. The molecule has 0 aliphatic carbocycles. The van der Waals surface area contributed by atoms with Gasteiger partial charge in [-0.3, -0.25) is 4.79 Å². The number of ether oxygens (including phenoxy) is 1. The van der Waals surface area contributed by atoms with Crippen molar-refractivity contribution in [3.8, 4) is 0 Å². The van der Waals surface area contributed by atoms with Gasteiger partial charge in [0, 0.05) is 12.3 Å². The van der Waals surface area contributed by atoms with E-state index >= 15 is 0 Å². The second-order valence-electron chi connectivity index (χ2n) is 5.04. The van der Waals surface area contributed by atoms with Crippen molar-refractivity contribution in [2.75, 3.05) is 18.9 Å². The summed E-state index contributed by atoms with van der Waals surface area (Å²) in [6, 6.07) is 3.04. The zero-order valence-corrected chi connectivity index (χ0v) is 12.1. The highest BCUT2D eigenvalue weighted by Gasteiger charge is 2.30. The molecule has 1 unspecified atom stereocenters. The molecule has 1 atom stereocenters. The van der Waals surface area contributed by atoms with Crippen molar-refractivity contribution < 1.29 is 9.53 Å². The van der Waals surface area contributed by atoms with E-state index < -0.39 is 0 Å².